The van der Waals surface area contributed by atoms with Crippen LogP contribution in [0.2, 0.25) is 0 Å². The van der Waals surface area contributed by atoms with Crippen molar-refractivity contribution in [3.05, 3.63) is 47.5 Å². The lowest BCUT2D eigenvalue weighted by Crippen LogP contribution is -2.26. The third-order valence-electron chi connectivity index (χ3n) is 4.06. The third-order valence-corrected chi connectivity index (χ3v) is 4.06. The van der Waals surface area contributed by atoms with Crippen LogP contribution in [-0.4, -0.2) is 29.1 Å². The molecular formula is C19H22O6. The summed E-state index contributed by atoms with van der Waals surface area (Å²) < 4.78 is 10.7. The van der Waals surface area contributed by atoms with Gasteiger partial charge in [0.1, 0.15) is 6.10 Å². The van der Waals surface area contributed by atoms with Crippen LogP contribution in [0.5, 0.6) is 0 Å². The number of hydrogen-bond donors (Lipinski definition) is 1. The van der Waals surface area contributed by atoms with Gasteiger partial charge in [0.15, 0.2) is 0 Å². The molecule has 1 aliphatic carbocycles. The highest BCUT2D eigenvalue weighted by molar-refractivity contribution is 5.94. The molecule has 0 aliphatic heterocycles. The molecule has 1 aromatic rings. The molecule has 1 aromatic carbocycles. The van der Waals surface area contributed by atoms with Gasteiger partial charge in [0.05, 0.1) is 6.42 Å². The molecule has 1 fully saturated rings. The van der Waals surface area contributed by atoms with Crippen LogP contribution in [0.15, 0.2) is 36.4 Å². The van der Waals surface area contributed by atoms with Crippen LogP contribution in [0, 0.1) is 6.92 Å². The SMILES string of the molecule is C=C(CC(=O)O)C(=O)OC(C(=O)OC1CCCC1)c1ccc(C)cc1. The average molecular weight is 346 g/mol. The number of carbonyl (C=O) groups is 3. The quantitative estimate of drug-likeness (QED) is 0.603. The minimum atomic E-state index is -1.24. The van der Waals surface area contributed by atoms with E-state index < -0.39 is 30.4 Å². The Morgan fingerprint density at radius 2 is 1.80 bits per heavy atom. The minimum absolute atomic E-state index is 0.165. The van der Waals surface area contributed by atoms with Crippen molar-refractivity contribution in [2.75, 3.05) is 0 Å². The van der Waals surface area contributed by atoms with Gasteiger partial charge in [-0.25, -0.2) is 9.59 Å². The molecule has 6 heteroatoms. The molecule has 1 unspecified atom stereocenters. The maximum atomic E-state index is 12.5. The Labute approximate surface area is 146 Å². The molecule has 25 heavy (non-hydrogen) atoms. The van der Waals surface area contributed by atoms with Gasteiger partial charge in [0, 0.05) is 11.1 Å². The number of benzene rings is 1. The predicted octanol–water partition coefficient (Wildman–Crippen LogP) is 3.10. The second-order valence-corrected chi connectivity index (χ2v) is 6.21. The molecule has 6 nitrogen and oxygen atoms in total. The summed E-state index contributed by atoms with van der Waals surface area (Å²) >= 11 is 0. The number of aryl methyl sites for hydroxylation is 1. The molecule has 1 saturated carbocycles. The van der Waals surface area contributed by atoms with E-state index in [1.807, 2.05) is 6.92 Å². The van der Waals surface area contributed by atoms with E-state index in [1.165, 1.54) is 0 Å². The van der Waals surface area contributed by atoms with Gasteiger partial charge >= 0.3 is 17.9 Å². The Hall–Kier alpha value is -2.63. The fraction of sp³-hybridized carbons (Fsp3) is 0.421. The second kappa shape index (κ2) is 8.46. The lowest BCUT2D eigenvalue weighted by atomic mass is 10.1. The van der Waals surface area contributed by atoms with Crippen molar-refractivity contribution >= 4 is 17.9 Å². The van der Waals surface area contributed by atoms with E-state index in [0.717, 1.165) is 31.2 Å². The molecular weight excluding hydrogens is 324 g/mol. The highest BCUT2D eigenvalue weighted by Gasteiger charge is 2.31. The van der Waals surface area contributed by atoms with Crippen molar-refractivity contribution in [1.29, 1.82) is 0 Å². The van der Waals surface area contributed by atoms with Gasteiger partial charge in [-0.2, -0.15) is 0 Å². The first-order chi connectivity index (χ1) is 11.9. The van der Waals surface area contributed by atoms with Crippen molar-refractivity contribution in [1.82, 2.24) is 0 Å². The lowest BCUT2D eigenvalue weighted by Gasteiger charge is -2.20. The number of carboxylic acid groups (broad SMARTS) is 1. The highest BCUT2D eigenvalue weighted by atomic mass is 16.6. The number of aliphatic carboxylic acids is 1. The second-order valence-electron chi connectivity index (χ2n) is 6.21. The third kappa shape index (κ3) is 5.45. The average Bonchev–Trinajstić information content (AvgIpc) is 3.05. The van der Waals surface area contributed by atoms with Crippen molar-refractivity contribution in [2.45, 2.75) is 51.2 Å². The summed E-state index contributed by atoms with van der Waals surface area (Å²) in [5, 5.41) is 8.75. The van der Waals surface area contributed by atoms with Gasteiger partial charge < -0.3 is 14.6 Å². The molecule has 134 valence electrons. The lowest BCUT2D eigenvalue weighted by molar-refractivity contribution is -0.170. The summed E-state index contributed by atoms with van der Waals surface area (Å²) in [7, 11) is 0. The summed E-state index contributed by atoms with van der Waals surface area (Å²) in [5.41, 5.74) is 1.25. The monoisotopic (exact) mass is 346 g/mol. The van der Waals surface area contributed by atoms with Crippen molar-refractivity contribution in [2.24, 2.45) is 0 Å². The van der Waals surface area contributed by atoms with Crippen LogP contribution in [0.4, 0.5) is 0 Å². The van der Waals surface area contributed by atoms with E-state index in [0.29, 0.717) is 5.56 Å². The highest BCUT2D eigenvalue weighted by Crippen LogP contribution is 2.26. The van der Waals surface area contributed by atoms with E-state index in [-0.39, 0.29) is 11.7 Å². The number of rotatable bonds is 7. The first-order valence-electron chi connectivity index (χ1n) is 8.24. The van der Waals surface area contributed by atoms with Crippen LogP contribution < -0.4 is 0 Å². The first kappa shape index (κ1) is 18.7. The molecule has 0 saturated heterocycles. The fourth-order valence-corrected chi connectivity index (χ4v) is 2.67. The van der Waals surface area contributed by atoms with E-state index in [2.05, 4.69) is 6.58 Å². The number of carbonyl (C=O) groups excluding carboxylic acids is 2. The fourth-order valence-electron chi connectivity index (χ4n) is 2.67. The van der Waals surface area contributed by atoms with E-state index in [4.69, 9.17) is 14.6 Å². The summed E-state index contributed by atoms with van der Waals surface area (Å²) in [5.74, 6) is -2.76. The topological polar surface area (TPSA) is 89.9 Å². The minimum Gasteiger partial charge on any atom is -0.481 e. The largest absolute Gasteiger partial charge is 0.481 e. The maximum absolute atomic E-state index is 12.5. The molecule has 0 heterocycles. The molecule has 0 aromatic heterocycles. The first-order valence-corrected chi connectivity index (χ1v) is 8.24. The summed E-state index contributed by atoms with van der Waals surface area (Å²) in [6, 6.07) is 6.96. The van der Waals surface area contributed by atoms with Gasteiger partial charge in [-0.15, -0.1) is 0 Å². The Bertz CT molecular complexity index is 655. The zero-order valence-corrected chi connectivity index (χ0v) is 14.2. The van der Waals surface area contributed by atoms with E-state index in [1.54, 1.807) is 24.3 Å². The molecule has 0 radical (unpaired) electrons. The van der Waals surface area contributed by atoms with Crippen LogP contribution in [0.25, 0.3) is 0 Å². The summed E-state index contributed by atoms with van der Waals surface area (Å²) in [4.78, 5) is 35.3. The van der Waals surface area contributed by atoms with Gasteiger partial charge in [0.2, 0.25) is 6.10 Å². The van der Waals surface area contributed by atoms with E-state index in [9.17, 15) is 14.4 Å². The van der Waals surface area contributed by atoms with Crippen molar-refractivity contribution in [3.8, 4) is 0 Å². The normalized spacial score (nSPS) is 15.4. The number of esters is 2. The van der Waals surface area contributed by atoms with Gasteiger partial charge in [0.25, 0.3) is 0 Å². The zero-order valence-electron chi connectivity index (χ0n) is 14.2. The Morgan fingerprint density at radius 1 is 1.20 bits per heavy atom. The molecule has 0 amide bonds. The standard InChI is InChI=1S/C19H22O6/c1-12-7-9-14(10-8-12)17(19(23)24-15-5-3-4-6-15)25-18(22)13(2)11-16(20)21/h7-10,15,17H,2-6,11H2,1H3,(H,20,21). The maximum Gasteiger partial charge on any atom is 0.352 e. The van der Waals surface area contributed by atoms with Crippen molar-refractivity contribution < 1.29 is 29.0 Å². The smallest absolute Gasteiger partial charge is 0.352 e. The van der Waals surface area contributed by atoms with Gasteiger partial charge in [-0.3, -0.25) is 4.79 Å². The summed E-state index contributed by atoms with van der Waals surface area (Å²) in [6.07, 6.45) is 1.65. The molecule has 1 N–H and O–H groups in total. The number of carboxylic acids is 1. The summed E-state index contributed by atoms with van der Waals surface area (Å²) in [6.45, 7) is 5.31. The zero-order chi connectivity index (χ0) is 18.4. The van der Waals surface area contributed by atoms with Crippen LogP contribution in [0.1, 0.15) is 49.3 Å². The van der Waals surface area contributed by atoms with Crippen molar-refractivity contribution in [3.63, 3.8) is 0 Å². The molecule has 1 atom stereocenters. The van der Waals surface area contributed by atoms with Crippen LogP contribution in [-0.2, 0) is 23.9 Å². The predicted molar refractivity (Wildman–Crippen MR) is 89.8 cm³/mol. The van der Waals surface area contributed by atoms with Gasteiger partial charge in [-0.05, 0) is 32.6 Å². The number of hydrogen-bond acceptors (Lipinski definition) is 5. The van der Waals surface area contributed by atoms with Gasteiger partial charge in [-0.1, -0.05) is 36.4 Å². The number of ether oxygens (including phenoxy) is 2. The molecule has 0 bridgehead atoms. The Morgan fingerprint density at radius 3 is 2.36 bits per heavy atom. The Balaban J connectivity index is 2.14. The Kier molecular flexibility index (Phi) is 6.33. The van der Waals surface area contributed by atoms with E-state index >= 15 is 0 Å². The molecule has 0 spiro atoms. The van der Waals surface area contributed by atoms with Crippen LogP contribution in [0.3, 0.4) is 0 Å². The van der Waals surface area contributed by atoms with Crippen LogP contribution >= 0.6 is 0 Å². The molecule has 2 rings (SSSR count). The molecule has 1 aliphatic rings.